The van der Waals surface area contributed by atoms with Gasteiger partial charge in [-0.1, -0.05) is 35.9 Å². The third-order valence-electron chi connectivity index (χ3n) is 4.90. The van der Waals surface area contributed by atoms with Crippen LogP contribution in [-0.2, 0) is 9.53 Å². The lowest BCUT2D eigenvalue weighted by atomic mass is 10.0. The van der Waals surface area contributed by atoms with Gasteiger partial charge in [-0.15, -0.1) is 0 Å². The average molecular weight is 399 g/mol. The zero-order valence-electron chi connectivity index (χ0n) is 16.5. The second kappa shape index (κ2) is 10.1. The third-order valence-corrected chi connectivity index (χ3v) is 4.90. The maximum atomic E-state index is 13.2. The Labute approximate surface area is 170 Å². The second-order valence-corrected chi connectivity index (χ2v) is 7.08. The normalized spacial score (nSPS) is 15.5. The Bertz CT molecular complexity index is 853. The van der Waals surface area contributed by atoms with E-state index in [0.717, 1.165) is 30.3 Å². The molecule has 1 unspecified atom stereocenters. The summed E-state index contributed by atoms with van der Waals surface area (Å²) in [6.45, 7) is 5.23. The van der Waals surface area contributed by atoms with Gasteiger partial charge in [-0.3, -0.25) is 14.5 Å². The van der Waals surface area contributed by atoms with Crippen molar-refractivity contribution in [2.24, 2.45) is 0 Å². The molecule has 0 bridgehead atoms. The first-order chi connectivity index (χ1) is 14.0. The minimum Gasteiger partial charge on any atom is -0.379 e. The summed E-state index contributed by atoms with van der Waals surface area (Å²) in [6.07, 6.45) is 0. The quantitative estimate of drug-likeness (QED) is 0.748. The number of aryl methyl sites for hydroxylation is 1. The summed E-state index contributed by atoms with van der Waals surface area (Å²) in [5, 5.41) is 5.43. The molecule has 3 rings (SSSR count). The number of amides is 2. The first kappa shape index (κ1) is 21.0. The first-order valence-corrected chi connectivity index (χ1v) is 9.72. The topological polar surface area (TPSA) is 70.7 Å². The highest BCUT2D eigenvalue weighted by molar-refractivity contribution is 5.96. The third kappa shape index (κ3) is 6.10. The highest BCUT2D eigenvalue weighted by Crippen LogP contribution is 2.22. The van der Waals surface area contributed by atoms with Crippen LogP contribution in [0.25, 0.3) is 0 Å². The van der Waals surface area contributed by atoms with Gasteiger partial charge in [-0.25, -0.2) is 4.39 Å². The fourth-order valence-electron chi connectivity index (χ4n) is 3.39. The maximum absolute atomic E-state index is 13.2. The fraction of sp³-hybridized carbons (Fsp3) is 0.364. The molecule has 1 fully saturated rings. The van der Waals surface area contributed by atoms with Crippen LogP contribution in [0.15, 0.2) is 48.5 Å². The Morgan fingerprint density at radius 2 is 1.86 bits per heavy atom. The van der Waals surface area contributed by atoms with Crippen LogP contribution in [0.5, 0.6) is 0 Å². The Hall–Kier alpha value is -2.77. The molecule has 1 aliphatic rings. The van der Waals surface area contributed by atoms with Gasteiger partial charge >= 0.3 is 0 Å². The lowest BCUT2D eigenvalue weighted by Gasteiger charge is -2.35. The van der Waals surface area contributed by atoms with Crippen LogP contribution < -0.4 is 10.6 Å². The summed E-state index contributed by atoms with van der Waals surface area (Å²) < 4.78 is 18.7. The molecule has 0 aliphatic carbocycles. The molecule has 7 heteroatoms. The number of hydrogen-bond donors (Lipinski definition) is 2. The first-order valence-electron chi connectivity index (χ1n) is 9.72. The Morgan fingerprint density at radius 1 is 1.10 bits per heavy atom. The van der Waals surface area contributed by atoms with Crippen LogP contribution >= 0.6 is 0 Å². The number of halogens is 1. The highest BCUT2D eigenvalue weighted by Gasteiger charge is 2.23. The zero-order valence-corrected chi connectivity index (χ0v) is 16.5. The molecular formula is C22H26FN3O3. The van der Waals surface area contributed by atoms with E-state index >= 15 is 0 Å². The van der Waals surface area contributed by atoms with Gasteiger partial charge in [0.15, 0.2) is 0 Å². The van der Waals surface area contributed by atoms with Crippen LogP contribution in [0.2, 0.25) is 0 Å². The van der Waals surface area contributed by atoms with Gasteiger partial charge in [0, 0.05) is 25.2 Å². The van der Waals surface area contributed by atoms with Crippen molar-refractivity contribution in [1.29, 1.82) is 0 Å². The Balaban J connectivity index is 1.57. The molecular weight excluding hydrogens is 373 g/mol. The van der Waals surface area contributed by atoms with E-state index in [1.807, 2.05) is 19.1 Å². The summed E-state index contributed by atoms with van der Waals surface area (Å²) >= 11 is 0. The highest BCUT2D eigenvalue weighted by atomic mass is 19.1. The predicted octanol–water partition coefficient (Wildman–Crippen LogP) is 2.05. The number of hydrogen-bond acceptors (Lipinski definition) is 4. The molecule has 29 heavy (non-hydrogen) atoms. The molecule has 1 aliphatic heterocycles. The Morgan fingerprint density at radius 3 is 2.59 bits per heavy atom. The van der Waals surface area contributed by atoms with Crippen LogP contribution in [0, 0.1) is 12.7 Å². The largest absolute Gasteiger partial charge is 0.379 e. The lowest BCUT2D eigenvalue weighted by Crippen LogP contribution is -2.45. The molecule has 0 spiro atoms. The monoisotopic (exact) mass is 399 g/mol. The van der Waals surface area contributed by atoms with E-state index in [9.17, 15) is 14.0 Å². The number of carbonyl (C=O) groups excluding carboxylic acids is 2. The summed E-state index contributed by atoms with van der Waals surface area (Å²) in [7, 11) is 0. The fourth-order valence-corrected chi connectivity index (χ4v) is 3.39. The smallest absolute Gasteiger partial charge is 0.251 e. The van der Waals surface area contributed by atoms with Crippen molar-refractivity contribution in [2.45, 2.75) is 13.0 Å². The van der Waals surface area contributed by atoms with Crippen molar-refractivity contribution in [3.05, 3.63) is 71.0 Å². The van der Waals surface area contributed by atoms with Crippen molar-refractivity contribution in [1.82, 2.24) is 15.5 Å². The maximum Gasteiger partial charge on any atom is 0.251 e. The number of ether oxygens (including phenoxy) is 1. The van der Waals surface area contributed by atoms with E-state index in [4.69, 9.17) is 4.74 Å². The summed E-state index contributed by atoms with van der Waals surface area (Å²) in [6, 6.07) is 13.6. The van der Waals surface area contributed by atoms with Crippen molar-refractivity contribution < 1.29 is 18.7 Å². The van der Waals surface area contributed by atoms with Gasteiger partial charge in [-0.2, -0.15) is 0 Å². The summed E-state index contributed by atoms with van der Waals surface area (Å²) in [5.41, 5.74) is 2.48. The zero-order chi connectivity index (χ0) is 20.6. The van der Waals surface area contributed by atoms with Crippen LogP contribution in [0.4, 0.5) is 4.39 Å². The van der Waals surface area contributed by atoms with E-state index in [1.165, 1.54) is 18.2 Å². The lowest BCUT2D eigenvalue weighted by molar-refractivity contribution is -0.120. The molecule has 6 nitrogen and oxygen atoms in total. The van der Waals surface area contributed by atoms with Crippen molar-refractivity contribution in [3.63, 3.8) is 0 Å². The van der Waals surface area contributed by atoms with Crippen molar-refractivity contribution >= 4 is 11.8 Å². The molecule has 2 aromatic rings. The number of benzene rings is 2. The van der Waals surface area contributed by atoms with Crippen LogP contribution in [-0.4, -0.2) is 56.1 Å². The number of nitrogens with zero attached hydrogens (tertiary/aromatic N) is 1. The van der Waals surface area contributed by atoms with E-state index < -0.39 is 11.7 Å². The molecule has 0 aromatic heterocycles. The van der Waals surface area contributed by atoms with Crippen LogP contribution in [0.3, 0.4) is 0 Å². The second-order valence-electron chi connectivity index (χ2n) is 7.08. The molecule has 2 amide bonds. The molecule has 0 radical (unpaired) electrons. The molecule has 0 saturated carbocycles. The molecule has 1 saturated heterocycles. The Kier molecular flexibility index (Phi) is 7.32. The van der Waals surface area contributed by atoms with E-state index in [0.29, 0.717) is 19.8 Å². The predicted molar refractivity (Wildman–Crippen MR) is 108 cm³/mol. The minimum atomic E-state index is -0.492. The van der Waals surface area contributed by atoms with Gasteiger partial charge < -0.3 is 15.4 Å². The van der Waals surface area contributed by atoms with Crippen molar-refractivity contribution in [2.75, 3.05) is 39.4 Å². The van der Waals surface area contributed by atoms with Crippen LogP contribution in [0.1, 0.15) is 27.5 Å². The summed E-state index contributed by atoms with van der Waals surface area (Å²) in [4.78, 5) is 26.6. The standard InChI is InChI=1S/C22H26FN3O3/c1-16-4-2-5-17(12-16)20(26-8-10-29-11-9-26)14-24-21(27)15-25-22(28)18-6-3-7-19(23)13-18/h2-7,12-13,20H,8-11,14-15H2,1H3,(H,24,27)(H,25,28). The average Bonchev–Trinajstić information content (AvgIpc) is 2.73. The van der Waals surface area contributed by atoms with E-state index in [1.54, 1.807) is 0 Å². The van der Waals surface area contributed by atoms with E-state index in [-0.39, 0.29) is 24.1 Å². The van der Waals surface area contributed by atoms with Gasteiger partial charge in [0.25, 0.3) is 5.91 Å². The minimum absolute atomic E-state index is 0.0293. The van der Waals surface area contributed by atoms with Gasteiger partial charge in [0.2, 0.25) is 5.91 Å². The number of rotatable bonds is 7. The molecule has 2 N–H and O–H groups in total. The SMILES string of the molecule is Cc1cccc(C(CNC(=O)CNC(=O)c2cccc(F)c2)N2CCOCC2)c1. The number of morpholine rings is 1. The van der Waals surface area contributed by atoms with Gasteiger partial charge in [-0.05, 0) is 30.7 Å². The number of nitrogens with one attached hydrogen (secondary N) is 2. The molecule has 154 valence electrons. The van der Waals surface area contributed by atoms with Crippen molar-refractivity contribution in [3.8, 4) is 0 Å². The molecule has 1 heterocycles. The molecule has 2 aromatic carbocycles. The van der Waals surface area contributed by atoms with E-state index in [2.05, 4.69) is 27.7 Å². The molecule has 1 atom stereocenters. The van der Waals surface area contributed by atoms with Gasteiger partial charge in [0.05, 0.1) is 25.8 Å². The summed E-state index contributed by atoms with van der Waals surface area (Å²) in [5.74, 6) is -1.27. The van der Waals surface area contributed by atoms with Gasteiger partial charge in [0.1, 0.15) is 5.82 Å². The number of carbonyl (C=O) groups is 2.